The Hall–Kier alpha value is -1.93. The van der Waals surface area contributed by atoms with Crippen LogP contribution in [0.1, 0.15) is 5.56 Å². The van der Waals surface area contributed by atoms with Gasteiger partial charge in [-0.25, -0.2) is 9.37 Å². The Kier molecular flexibility index (Phi) is 2.84. The summed E-state index contributed by atoms with van der Waals surface area (Å²) in [5.41, 5.74) is 0.855. The number of thiazole rings is 1. The Labute approximate surface area is 96.2 Å². The molecule has 0 amide bonds. The maximum Gasteiger partial charge on any atom is 0.182 e. The van der Waals surface area contributed by atoms with E-state index in [4.69, 9.17) is 5.26 Å². The third kappa shape index (κ3) is 1.88. The van der Waals surface area contributed by atoms with E-state index in [1.54, 1.807) is 19.3 Å². The quantitative estimate of drug-likeness (QED) is 0.867. The molecular weight excluding hydrogens is 225 g/mol. The molecule has 0 aliphatic heterocycles. The first-order valence-corrected chi connectivity index (χ1v) is 5.40. The van der Waals surface area contributed by atoms with Crippen molar-refractivity contribution in [2.75, 3.05) is 12.4 Å². The smallest absolute Gasteiger partial charge is 0.182 e. The summed E-state index contributed by atoms with van der Waals surface area (Å²) in [7, 11) is 1.79. The summed E-state index contributed by atoms with van der Waals surface area (Å²) in [6.07, 6.45) is 1.70. The summed E-state index contributed by atoms with van der Waals surface area (Å²) in [6.45, 7) is 0. The third-order valence-electron chi connectivity index (χ3n) is 2.09. The van der Waals surface area contributed by atoms with Crippen LogP contribution in [0.4, 0.5) is 9.52 Å². The van der Waals surface area contributed by atoms with Gasteiger partial charge in [0.1, 0.15) is 11.9 Å². The fourth-order valence-corrected chi connectivity index (χ4v) is 2.05. The zero-order chi connectivity index (χ0) is 11.5. The molecule has 0 aliphatic rings. The average molecular weight is 233 g/mol. The Morgan fingerprint density at radius 3 is 2.94 bits per heavy atom. The molecule has 0 saturated carbocycles. The van der Waals surface area contributed by atoms with Crippen molar-refractivity contribution in [1.82, 2.24) is 4.98 Å². The molecule has 3 nitrogen and oxygen atoms in total. The second kappa shape index (κ2) is 4.29. The number of aromatic nitrogens is 1. The Bertz CT molecular complexity index is 557. The van der Waals surface area contributed by atoms with Gasteiger partial charge in [0, 0.05) is 13.2 Å². The Morgan fingerprint density at radius 1 is 1.50 bits per heavy atom. The average Bonchev–Trinajstić information content (AvgIpc) is 2.78. The van der Waals surface area contributed by atoms with E-state index in [-0.39, 0.29) is 5.56 Å². The number of halogens is 1. The monoisotopic (exact) mass is 233 g/mol. The molecule has 0 radical (unpaired) electrons. The maximum atomic E-state index is 13.1. The van der Waals surface area contributed by atoms with Crippen molar-refractivity contribution in [2.24, 2.45) is 0 Å². The lowest BCUT2D eigenvalue weighted by atomic mass is 10.1. The minimum absolute atomic E-state index is 0.0527. The molecule has 2 aromatic rings. The zero-order valence-corrected chi connectivity index (χ0v) is 9.31. The number of hydrogen-bond acceptors (Lipinski definition) is 4. The molecule has 0 bridgehead atoms. The molecule has 1 aromatic carbocycles. The molecule has 0 spiro atoms. The second-order valence-corrected chi connectivity index (χ2v) is 4.12. The molecule has 0 unspecified atom stereocenters. The van der Waals surface area contributed by atoms with Gasteiger partial charge in [-0.1, -0.05) is 17.4 Å². The molecule has 1 N–H and O–H groups in total. The van der Waals surface area contributed by atoms with Crippen LogP contribution in [-0.4, -0.2) is 12.0 Å². The van der Waals surface area contributed by atoms with Crippen LogP contribution in [0.25, 0.3) is 10.4 Å². The van der Waals surface area contributed by atoms with E-state index in [1.807, 2.05) is 6.07 Å². The van der Waals surface area contributed by atoms with Crippen molar-refractivity contribution in [3.63, 3.8) is 0 Å². The predicted molar refractivity (Wildman–Crippen MR) is 61.8 cm³/mol. The van der Waals surface area contributed by atoms with Gasteiger partial charge in [0.05, 0.1) is 10.4 Å². The minimum Gasteiger partial charge on any atom is -0.365 e. The third-order valence-corrected chi connectivity index (χ3v) is 3.15. The van der Waals surface area contributed by atoms with E-state index in [0.717, 1.165) is 15.6 Å². The van der Waals surface area contributed by atoms with Gasteiger partial charge in [-0.3, -0.25) is 0 Å². The van der Waals surface area contributed by atoms with Crippen LogP contribution in [-0.2, 0) is 0 Å². The number of nitriles is 1. The first-order valence-electron chi connectivity index (χ1n) is 4.58. The standard InChI is InChI=1S/C11H8FN3S/c1-14-11-15-6-10(16-11)7-2-3-9(12)8(4-7)5-13/h2-4,6H,1H3,(H,14,15). The van der Waals surface area contributed by atoms with Gasteiger partial charge < -0.3 is 5.32 Å². The summed E-state index contributed by atoms with van der Waals surface area (Å²) in [4.78, 5) is 5.02. The van der Waals surface area contributed by atoms with Crippen molar-refractivity contribution in [3.8, 4) is 16.5 Å². The summed E-state index contributed by atoms with van der Waals surface area (Å²) >= 11 is 1.46. The minimum atomic E-state index is -0.496. The van der Waals surface area contributed by atoms with Gasteiger partial charge in [-0.05, 0) is 17.7 Å². The first kappa shape index (κ1) is 10.6. The highest BCUT2D eigenvalue weighted by Crippen LogP contribution is 2.29. The van der Waals surface area contributed by atoms with E-state index < -0.39 is 5.82 Å². The van der Waals surface area contributed by atoms with Crippen LogP contribution in [0.15, 0.2) is 24.4 Å². The zero-order valence-electron chi connectivity index (χ0n) is 8.49. The van der Waals surface area contributed by atoms with E-state index in [0.29, 0.717) is 0 Å². The van der Waals surface area contributed by atoms with Crippen molar-refractivity contribution in [1.29, 1.82) is 5.26 Å². The molecule has 1 heterocycles. The molecule has 2 rings (SSSR count). The number of benzene rings is 1. The van der Waals surface area contributed by atoms with Gasteiger partial charge in [0.2, 0.25) is 0 Å². The lowest BCUT2D eigenvalue weighted by Crippen LogP contribution is -1.83. The molecule has 16 heavy (non-hydrogen) atoms. The Balaban J connectivity index is 2.45. The van der Waals surface area contributed by atoms with Crippen molar-refractivity contribution < 1.29 is 4.39 Å². The number of nitrogens with one attached hydrogen (secondary N) is 1. The number of anilines is 1. The summed E-state index contributed by atoms with van der Waals surface area (Å²) < 4.78 is 13.1. The summed E-state index contributed by atoms with van der Waals surface area (Å²) in [6, 6.07) is 6.29. The lowest BCUT2D eigenvalue weighted by molar-refractivity contribution is 0.624. The molecule has 80 valence electrons. The highest BCUT2D eigenvalue weighted by atomic mass is 32.1. The number of rotatable bonds is 2. The van der Waals surface area contributed by atoms with Gasteiger partial charge >= 0.3 is 0 Å². The van der Waals surface area contributed by atoms with Crippen molar-refractivity contribution in [3.05, 3.63) is 35.8 Å². The van der Waals surface area contributed by atoms with Crippen molar-refractivity contribution >= 4 is 16.5 Å². The van der Waals surface area contributed by atoms with Crippen LogP contribution in [0.5, 0.6) is 0 Å². The molecular formula is C11H8FN3S. The Morgan fingerprint density at radius 2 is 2.31 bits per heavy atom. The molecule has 0 aliphatic carbocycles. The number of nitrogens with zero attached hydrogens (tertiary/aromatic N) is 2. The molecule has 1 aromatic heterocycles. The fraction of sp³-hybridized carbons (Fsp3) is 0.0909. The van der Waals surface area contributed by atoms with Crippen LogP contribution < -0.4 is 5.32 Å². The van der Waals surface area contributed by atoms with Crippen LogP contribution in [0.2, 0.25) is 0 Å². The topological polar surface area (TPSA) is 48.7 Å². The SMILES string of the molecule is CNc1ncc(-c2ccc(F)c(C#N)c2)s1. The molecule has 0 atom stereocenters. The summed E-state index contributed by atoms with van der Waals surface area (Å²) in [5, 5.41) is 12.4. The van der Waals surface area contributed by atoms with Crippen LogP contribution in [0.3, 0.4) is 0 Å². The van der Waals surface area contributed by atoms with Gasteiger partial charge in [0.25, 0.3) is 0 Å². The highest BCUT2D eigenvalue weighted by Gasteiger charge is 2.07. The van der Waals surface area contributed by atoms with Crippen LogP contribution in [0, 0.1) is 17.1 Å². The molecule has 0 fully saturated rings. The normalized spacial score (nSPS) is 9.81. The maximum absolute atomic E-state index is 13.1. The lowest BCUT2D eigenvalue weighted by Gasteiger charge is -1.98. The highest BCUT2D eigenvalue weighted by molar-refractivity contribution is 7.18. The van der Waals surface area contributed by atoms with Gasteiger partial charge in [0.15, 0.2) is 5.13 Å². The van der Waals surface area contributed by atoms with Crippen molar-refractivity contribution in [2.45, 2.75) is 0 Å². The van der Waals surface area contributed by atoms with E-state index >= 15 is 0 Å². The summed E-state index contributed by atoms with van der Waals surface area (Å²) in [5.74, 6) is -0.496. The second-order valence-electron chi connectivity index (χ2n) is 3.09. The van der Waals surface area contributed by atoms with Crippen LogP contribution >= 0.6 is 11.3 Å². The first-order chi connectivity index (χ1) is 7.74. The van der Waals surface area contributed by atoms with Gasteiger partial charge in [-0.15, -0.1) is 0 Å². The van der Waals surface area contributed by atoms with E-state index in [2.05, 4.69) is 10.3 Å². The molecule has 0 saturated heterocycles. The number of hydrogen-bond donors (Lipinski definition) is 1. The van der Waals surface area contributed by atoms with E-state index in [9.17, 15) is 4.39 Å². The fourth-order valence-electron chi connectivity index (χ4n) is 1.29. The van der Waals surface area contributed by atoms with E-state index in [1.165, 1.54) is 23.5 Å². The van der Waals surface area contributed by atoms with Gasteiger partial charge in [-0.2, -0.15) is 5.26 Å². The largest absolute Gasteiger partial charge is 0.365 e. The molecule has 5 heteroatoms. The predicted octanol–water partition coefficient (Wildman–Crippen LogP) is 2.86.